The maximum atomic E-state index is 14.4. The number of carboxylic acid groups (broad SMARTS) is 1. The number of likely N-dealkylation sites (tertiary alicyclic amines) is 1. The molecule has 0 spiro atoms. The predicted molar refractivity (Wildman–Crippen MR) is 211 cm³/mol. The Morgan fingerprint density at radius 3 is 2.20 bits per heavy atom. The first-order valence-electron chi connectivity index (χ1n) is 19.8. The van der Waals surface area contributed by atoms with Crippen molar-refractivity contribution in [3.63, 3.8) is 0 Å². The molecule has 0 aliphatic carbocycles. The van der Waals surface area contributed by atoms with E-state index < -0.39 is 54.2 Å². The third-order valence-electron chi connectivity index (χ3n) is 11.4. The van der Waals surface area contributed by atoms with Crippen molar-refractivity contribution in [2.24, 2.45) is 23.7 Å². The first-order valence-corrected chi connectivity index (χ1v) is 20.8. The van der Waals surface area contributed by atoms with Crippen LogP contribution in [0.3, 0.4) is 0 Å². The van der Waals surface area contributed by atoms with Crippen molar-refractivity contribution >= 4 is 40.9 Å². The Balaban J connectivity index is 1.77. The molecule has 2 fully saturated rings. The van der Waals surface area contributed by atoms with Crippen molar-refractivity contribution in [1.29, 1.82) is 0 Å². The predicted octanol–water partition coefficient (Wildman–Crippen LogP) is 2.25. The number of aromatic nitrogens is 1. The molecule has 0 radical (unpaired) electrons. The first-order chi connectivity index (χ1) is 26.1. The second-order valence-electron chi connectivity index (χ2n) is 15.9. The van der Waals surface area contributed by atoms with Crippen molar-refractivity contribution < 1.29 is 38.6 Å². The van der Waals surface area contributed by atoms with E-state index in [-0.39, 0.29) is 54.4 Å². The number of carboxylic acids is 1. The molecule has 15 nitrogen and oxygen atoms in total. The van der Waals surface area contributed by atoms with E-state index >= 15 is 0 Å². The Labute approximate surface area is 331 Å². The highest BCUT2D eigenvalue weighted by molar-refractivity contribution is 7.07. The van der Waals surface area contributed by atoms with Crippen LogP contribution in [-0.2, 0) is 39.9 Å². The Hall–Kier alpha value is -3.18. The molecule has 1 unspecified atom stereocenters. The van der Waals surface area contributed by atoms with E-state index in [9.17, 15) is 29.1 Å². The van der Waals surface area contributed by atoms with Crippen LogP contribution in [0.5, 0.6) is 0 Å². The van der Waals surface area contributed by atoms with E-state index in [2.05, 4.69) is 25.8 Å². The minimum Gasteiger partial charge on any atom is -0.480 e. The molecule has 9 atom stereocenters. The van der Waals surface area contributed by atoms with E-state index in [0.717, 1.165) is 32.6 Å². The second kappa shape index (κ2) is 21.9. The van der Waals surface area contributed by atoms with E-state index in [0.29, 0.717) is 25.1 Å². The highest BCUT2D eigenvalue weighted by atomic mass is 32.1. The number of rotatable bonds is 21. The standard InChI is InChI=1S/C39H67N7O8S/c1-11-25(6)34(44(8)38(50)32(23(2)3)43-37(49)33(24(4)5)45-17-14-40-15-18-45)30(53-9)20-31(47)46-16-12-13-29(46)35(54-10)26(7)36(48)42-28(39(51)52)19-27-21-55-22-41-27/h21-26,28-30,32-35,40H,11-20H2,1-10H3,(H,42,48)(H,43,49)(H,51,52)/t25-,26+,28-,29-,30?,32-,33-,34-,35+/m0/s1. The normalized spacial score (nSPS) is 20.9. The first kappa shape index (κ1) is 46.2. The van der Waals surface area contributed by atoms with E-state index in [1.807, 2.05) is 41.5 Å². The Morgan fingerprint density at radius 1 is 1.00 bits per heavy atom. The molecule has 55 heavy (non-hydrogen) atoms. The van der Waals surface area contributed by atoms with Gasteiger partial charge in [-0.05, 0) is 30.6 Å². The molecule has 2 aliphatic rings. The second-order valence-corrected chi connectivity index (χ2v) is 16.6. The largest absolute Gasteiger partial charge is 0.480 e. The Bertz CT molecular complexity index is 1390. The van der Waals surface area contributed by atoms with Gasteiger partial charge in [0.05, 0.1) is 53.9 Å². The van der Waals surface area contributed by atoms with Crippen LogP contribution in [0, 0.1) is 23.7 Å². The molecule has 0 aromatic carbocycles. The summed E-state index contributed by atoms with van der Waals surface area (Å²) in [4.78, 5) is 77.6. The molecular formula is C39H67N7O8S. The van der Waals surface area contributed by atoms with Gasteiger partial charge in [-0.15, -0.1) is 11.3 Å². The van der Waals surface area contributed by atoms with Gasteiger partial charge in [0.2, 0.25) is 23.6 Å². The van der Waals surface area contributed by atoms with Crippen LogP contribution in [0.25, 0.3) is 0 Å². The Kier molecular flexibility index (Phi) is 18.4. The van der Waals surface area contributed by atoms with Crippen LogP contribution < -0.4 is 16.0 Å². The summed E-state index contributed by atoms with van der Waals surface area (Å²) in [6.45, 7) is 17.2. The Morgan fingerprint density at radius 2 is 1.67 bits per heavy atom. The summed E-state index contributed by atoms with van der Waals surface area (Å²) in [5.41, 5.74) is 2.19. The van der Waals surface area contributed by atoms with Crippen molar-refractivity contribution in [2.75, 3.05) is 54.0 Å². The third kappa shape index (κ3) is 12.2. The number of carbonyl (C=O) groups excluding carboxylic acids is 4. The van der Waals surface area contributed by atoms with Crippen molar-refractivity contribution in [3.05, 3.63) is 16.6 Å². The molecule has 1 aromatic heterocycles. The maximum Gasteiger partial charge on any atom is 0.326 e. The summed E-state index contributed by atoms with van der Waals surface area (Å²) in [7, 11) is 4.77. The van der Waals surface area contributed by atoms with Gasteiger partial charge in [0, 0.05) is 65.8 Å². The smallest absolute Gasteiger partial charge is 0.326 e. The van der Waals surface area contributed by atoms with Crippen LogP contribution in [0.1, 0.15) is 79.8 Å². The molecule has 2 aliphatic heterocycles. The highest BCUT2D eigenvalue weighted by Crippen LogP contribution is 2.30. The monoisotopic (exact) mass is 793 g/mol. The van der Waals surface area contributed by atoms with Crippen LogP contribution in [0.2, 0.25) is 0 Å². The zero-order valence-corrected chi connectivity index (χ0v) is 35.4. The molecule has 1 aromatic rings. The van der Waals surface area contributed by atoms with Crippen molar-refractivity contribution in [2.45, 2.75) is 123 Å². The number of hydrogen-bond acceptors (Lipinski definition) is 11. The number of piperazine rings is 1. The van der Waals surface area contributed by atoms with Gasteiger partial charge in [-0.25, -0.2) is 9.78 Å². The van der Waals surface area contributed by atoms with Crippen LogP contribution >= 0.6 is 11.3 Å². The van der Waals surface area contributed by atoms with Crippen molar-refractivity contribution in [1.82, 2.24) is 35.6 Å². The topological polar surface area (TPSA) is 183 Å². The summed E-state index contributed by atoms with van der Waals surface area (Å²) in [5, 5.41) is 20.7. The summed E-state index contributed by atoms with van der Waals surface area (Å²) >= 11 is 1.35. The number of nitrogens with one attached hydrogen (secondary N) is 3. The molecule has 2 saturated heterocycles. The number of aliphatic carboxylic acids is 1. The van der Waals surface area contributed by atoms with Crippen LogP contribution in [-0.4, -0.2) is 151 Å². The lowest BCUT2D eigenvalue weighted by molar-refractivity contribution is -0.148. The lowest BCUT2D eigenvalue weighted by Crippen LogP contribution is -2.61. The molecule has 0 saturated carbocycles. The molecule has 312 valence electrons. The van der Waals surface area contributed by atoms with Gasteiger partial charge < -0.3 is 40.3 Å². The number of likely N-dealkylation sites (N-methyl/N-ethyl adjacent to an activating group) is 1. The van der Waals surface area contributed by atoms with Gasteiger partial charge in [0.1, 0.15) is 12.1 Å². The van der Waals surface area contributed by atoms with E-state index in [4.69, 9.17) is 9.47 Å². The van der Waals surface area contributed by atoms with Gasteiger partial charge in [-0.1, -0.05) is 54.9 Å². The number of ether oxygens (including phenoxy) is 2. The van der Waals surface area contributed by atoms with E-state index in [1.54, 1.807) is 41.8 Å². The molecule has 3 rings (SSSR count). The fourth-order valence-electron chi connectivity index (χ4n) is 8.18. The number of amides is 4. The SMILES string of the molecule is CC[C@H](C)[C@@H](C(CC(=O)N1CCC[C@H]1[C@H](OC)[C@@H](C)C(=O)N[C@@H](Cc1cscn1)C(=O)O)OC)N(C)C(=O)[C@@H](NC(=O)[C@H](C(C)C)N1CCNCC1)C(C)C. The summed E-state index contributed by atoms with van der Waals surface area (Å²) in [6, 6.07) is -3.21. The molecule has 4 N–H and O–H groups in total. The average Bonchev–Trinajstić information content (AvgIpc) is 3.86. The number of thiazole rings is 1. The van der Waals surface area contributed by atoms with Crippen LogP contribution in [0.15, 0.2) is 10.9 Å². The quantitative estimate of drug-likeness (QED) is 0.143. The number of methoxy groups -OCH3 is 2. The molecule has 16 heteroatoms. The van der Waals surface area contributed by atoms with Crippen molar-refractivity contribution in [3.8, 4) is 0 Å². The van der Waals surface area contributed by atoms with Gasteiger partial charge >= 0.3 is 5.97 Å². The number of nitrogens with zero attached hydrogens (tertiary/aromatic N) is 4. The van der Waals surface area contributed by atoms with E-state index in [1.165, 1.54) is 18.4 Å². The summed E-state index contributed by atoms with van der Waals surface area (Å²) in [5.74, 6) is -3.18. The molecule has 4 amide bonds. The summed E-state index contributed by atoms with van der Waals surface area (Å²) in [6.07, 6.45) is 0.721. The maximum absolute atomic E-state index is 14.4. The van der Waals surface area contributed by atoms with Gasteiger partial charge in [-0.2, -0.15) is 0 Å². The number of carbonyl (C=O) groups is 5. The zero-order chi connectivity index (χ0) is 41.0. The third-order valence-corrected chi connectivity index (χ3v) is 12.1. The van der Waals surface area contributed by atoms with Gasteiger partial charge in [0.25, 0.3) is 0 Å². The minimum atomic E-state index is -1.16. The number of hydrogen-bond donors (Lipinski definition) is 4. The average molecular weight is 794 g/mol. The fraction of sp³-hybridized carbons (Fsp3) is 0.795. The molecule has 0 bridgehead atoms. The fourth-order valence-corrected chi connectivity index (χ4v) is 8.75. The molecule has 3 heterocycles. The zero-order valence-electron chi connectivity index (χ0n) is 34.6. The lowest BCUT2D eigenvalue weighted by atomic mass is 9.89. The van der Waals surface area contributed by atoms with Gasteiger partial charge in [-0.3, -0.25) is 24.1 Å². The highest BCUT2D eigenvalue weighted by Gasteiger charge is 2.43. The van der Waals surface area contributed by atoms with Gasteiger partial charge in [0.15, 0.2) is 0 Å². The summed E-state index contributed by atoms with van der Waals surface area (Å²) < 4.78 is 11.9. The minimum absolute atomic E-state index is 0.0114. The lowest BCUT2D eigenvalue weighted by Gasteiger charge is -2.41. The van der Waals surface area contributed by atoms with Crippen LogP contribution in [0.4, 0.5) is 0 Å². The molecular weight excluding hydrogens is 727 g/mol.